The van der Waals surface area contributed by atoms with Gasteiger partial charge < -0.3 is 15.2 Å². The van der Waals surface area contributed by atoms with Crippen LogP contribution in [-0.4, -0.2) is 27.6 Å². The molecule has 7 nitrogen and oxygen atoms in total. The van der Waals surface area contributed by atoms with E-state index in [9.17, 15) is 4.79 Å². The minimum Gasteiger partial charge on any atom is -0.369 e. The number of thiophene rings is 1. The highest BCUT2D eigenvalue weighted by Crippen LogP contribution is 2.36. The quantitative estimate of drug-likeness (QED) is 0.524. The van der Waals surface area contributed by atoms with E-state index in [1.54, 1.807) is 24.3 Å². The van der Waals surface area contributed by atoms with Crippen molar-refractivity contribution in [1.82, 2.24) is 15.1 Å². The summed E-state index contributed by atoms with van der Waals surface area (Å²) in [5, 5.41) is 12.8. The average molecular weight is 379 g/mol. The Kier molecular flexibility index (Phi) is 4.80. The fraction of sp³-hybridized carbons (Fsp3) is 0.158. The number of nitrogens with zero attached hydrogens (tertiary/aromatic N) is 3. The molecule has 3 heterocycles. The summed E-state index contributed by atoms with van der Waals surface area (Å²) in [6, 6.07) is 11.8. The van der Waals surface area contributed by atoms with E-state index >= 15 is 0 Å². The molecule has 0 radical (unpaired) electrons. The molecule has 0 aliphatic carbocycles. The Morgan fingerprint density at radius 2 is 2.07 bits per heavy atom. The van der Waals surface area contributed by atoms with Crippen LogP contribution in [0.15, 0.2) is 52.6 Å². The zero-order valence-electron chi connectivity index (χ0n) is 14.6. The molecule has 136 valence electrons. The van der Waals surface area contributed by atoms with Crippen LogP contribution >= 0.6 is 11.3 Å². The van der Waals surface area contributed by atoms with Crippen molar-refractivity contribution >= 4 is 39.1 Å². The Morgan fingerprint density at radius 3 is 2.85 bits per heavy atom. The molecule has 2 N–H and O–H groups in total. The van der Waals surface area contributed by atoms with Gasteiger partial charge in [-0.2, -0.15) is 0 Å². The number of carbonyl (C=O) groups is 1. The van der Waals surface area contributed by atoms with Crippen molar-refractivity contribution in [1.29, 1.82) is 0 Å². The summed E-state index contributed by atoms with van der Waals surface area (Å²) in [6.07, 6.45) is 1.82. The SMILES string of the molecule is Cc1cc(NC(=O)CCNc2ncnc3scc(-c4ccccc4)c23)no1. The Hall–Kier alpha value is -3.26. The van der Waals surface area contributed by atoms with E-state index in [0.29, 0.717) is 18.1 Å². The Morgan fingerprint density at radius 1 is 1.22 bits per heavy atom. The molecule has 3 aromatic heterocycles. The van der Waals surface area contributed by atoms with Crippen LogP contribution in [-0.2, 0) is 4.79 Å². The second kappa shape index (κ2) is 7.55. The molecule has 0 spiro atoms. The highest BCUT2D eigenvalue weighted by molar-refractivity contribution is 7.17. The molecule has 0 saturated heterocycles. The van der Waals surface area contributed by atoms with Gasteiger partial charge in [0.15, 0.2) is 5.82 Å². The number of nitrogens with one attached hydrogen (secondary N) is 2. The van der Waals surface area contributed by atoms with Gasteiger partial charge in [-0.15, -0.1) is 11.3 Å². The number of anilines is 2. The third-order valence-corrected chi connectivity index (χ3v) is 4.88. The summed E-state index contributed by atoms with van der Waals surface area (Å²) >= 11 is 1.58. The van der Waals surface area contributed by atoms with E-state index in [4.69, 9.17) is 4.52 Å². The number of amides is 1. The van der Waals surface area contributed by atoms with E-state index in [1.807, 2.05) is 18.2 Å². The van der Waals surface area contributed by atoms with Crippen molar-refractivity contribution in [3.8, 4) is 11.1 Å². The number of hydrogen-bond acceptors (Lipinski definition) is 7. The average Bonchev–Trinajstić information content (AvgIpc) is 3.29. The molecule has 4 rings (SSSR count). The molecule has 0 aliphatic heterocycles. The van der Waals surface area contributed by atoms with Crippen LogP contribution < -0.4 is 10.6 Å². The van der Waals surface area contributed by atoms with Crippen LogP contribution in [0.2, 0.25) is 0 Å². The van der Waals surface area contributed by atoms with Gasteiger partial charge in [-0.25, -0.2) is 9.97 Å². The number of carbonyl (C=O) groups excluding carboxylic acids is 1. The molecule has 0 aliphatic rings. The standard InChI is InChI=1S/C19H17N5O2S/c1-12-9-15(24-26-12)23-16(25)7-8-20-18-17-14(13-5-3-2-4-6-13)10-27-19(17)22-11-21-18/h2-6,9-11H,7-8H2,1H3,(H,20,21,22)(H,23,24,25). The smallest absolute Gasteiger partial charge is 0.227 e. The molecule has 0 atom stereocenters. The maximum atomic E-state index is 12.1. The molecule has 0 saturated carbocycles. The minimum atomic E-state index is -0.144. The largest absolute Gasteiger partial charge is 0.369 e. The lowest BCUT2D eigenvalue weighted by atomic mass is 10.1. The van der Waals surface area contributed by atoms with E-state index in [2.05, 4.69) is 43.3 Å². The molecular formula is C19H17N5O2S. The molecule has 27 heavy (non-hydrogen) atoms. The summed E-state index contributed by atoms with van der Waals surface area (Å²) in [7, 11) is 0. The number of hydrogen-bond donors (Lipinski definition) is 2. The van der Waals surface area contributed by atoms with Gasteiger partial charge >= 0.3 is 0 Å². The zero-order chi connectivity index (χ0) is 18.6. The van der Waals surface area contributed by atoms with E-state index < -0.39 is 0 Å². The van der Waals surface area contributed by atoms with Crippen molar-refractivity contribution in [2.24, 2.45) is 0 Å². The number of aromatic nitrogens is 3. The fourth-order valence-corrected chi connectivity index (χ4v) is 3.68. The highest BCUT2D eigenvalue weighted by atomic mass is 32.1. The zero-order valence-corrected chi connectivity index (χ0v) is 15.4. The van der Waals surface area contributed by atoms with Crippen LogP contribution in [0.4, 0.5) is 11.6 Å². The first-order chi connectivity index (χ1) is 13.2. The van der Waals surface area contributed by atoms with Crippen LogP contribution in [0.25, 0.3) is 21.3 Å². The van der Waals surface area contributed by atoms with Gasteiger partial charge in [0.25, 0.3) is 0 Å². The highest BCUT2D eigenvalue weighted by Gasteiger charge is 2.13. The summed E-state index contributed by atoms with van der Waals surface area (Å²) in [5.41, 5.74) is 2.20. The molecular weight excluding hydrogens is 362 g/mol. The third-order valence-electron chi connectivity index (χ3n) is 3.99. The Balaban J connectivity index is 1.47. The second-order valence-electron chi connectivity index (χ2n) is 5.97. The summed E-state index contributed by atoms with van der Waals surface area (Å²) < 4.78 is 4.94. The van der Waals surface area contributed by atoms with Gasteiger partial charge in [-0.3, -0.25) is 4.79 Å². The van der Waals surface area contributed by atoms with E-state index in [1.165, 1.54) is 6.33 Å². The van der Waals surface area contributed by atoms with Crippen LogP contribution in [0, 0.1) is 6.92 Å². The first-order valence-electron chi connectivity index (χ1n) is 8.45. The molecule has 0 unspecified atom stereocenters. The van der Waals surface area contributed by atoms with Gasteiger partial charge in [0.2, 0.25) is 5.91 Å². The van der Waals surface area contributed by atoms with Gasteiger partial charge in [-0.1, -0.05) is 35.5 Å². The normalized spacial score (nSPS) is 10.9. The van der Waals surface area contributed by atoms with Crippen LogP contribution in [0.3, 0.4) is 0 Å². The lowest BCUT2D eigenvalue weighted by molar-refractivity contribution is -0.116. The first kappa shape index (κ1) is 17.2. The molecule has 8 heteroatoms. The predicted molar refractivity (Wildman–Crippen MR) is 106 cm³/mol. The van der Waals surface area contributed by atoms with Gasteiger partial charge in [0.1, 0.15) is 22.7 Å². The summed E-state index contributed by atoms with van der Waals surface area (Å²) in [5.74, 6) is 1.66. The molecule has 4 aromatic rings. The van der Waals surface area contributed by atoms with Crippen LogP contribution in [0.5, 0.6) is 0 Å². The van der Waals surface area contributed by atoms with Crippen molar-refractivity contribution in [3.63, 3.8) is 0 Å². The predicted octanol–water partition coefficient (Wildman–Crippen LogP) is 4.10. The van der Waals surface area contributed by atoms with Crippen LogP contribution in [0.1, 0.15) is 12.2 Å². The van der Waals surface area contributed by atoms with Crippen molar-refractivity contribution < 1.29 is 9.32 Å². The number of benzene rings is 1. The van der Waals surface area contributed by atoms with E-state index in [-0.39, 0.29) is 12.3 Å². The summed E-state index contributed by atoms with van der Waals surface area (Å²) in [4.78, 5) is 21.7. The molecule has 1 amide bonds. The molecule has 0 fully saturated rings. The van der Waals surface area contributed by atoms with Gasteiger partial charge in [-0.05, 0) is 12.5 Å². The van der Waals surface area contributed by atoms with Gasteiger partial charge in [0.05, 0.1) is 5.39 Å². The topological polar surface area (TPSA) is 92.9 Å². The van der Waals surface area contributed by atoms with Crippen molar-refractivity contribution in [2.75, 3.05) is 17.2 Å². The maximum absolute atomic E-state index is 12.1. The Labute approximate surface area is 159 Å². The fourth-order valence-electron chi connectivity index (χ4n) is 2.76. The number of fused-ring (bicyclic) bond motifs is 1. The lowest BCUT2D eigenvalue weighted by Gasteiger charge is -2.08. The Bertz CT molecular complexity index is 1070. The third kappa shape index (κ3) is 3.80. The molecule has 1 aromatic carbocycles. The maximum Gasteiger partial charge on any atom is 0.227 e. The first-order valence-corrected chi connectivity index (χ1v) is 9.33. The van der Waals surface area contributed by atoms with Gasteiger partial charge in [0, 0.05) is 30.0 Å². The minimum absolute atomic E-state index is 0.144. The van der Waals surface area contributed by atoms with Crippen molar-refractivity contribution in [3.05, 3.63) is 53.9 Å². The van der Waals surface area contributed by atoms with E-state index in [0.717, 1.165) is 27.2 Å². The lowest BCUT2D eigenvalue weighted by Crippen LogP contribution is -2.16. The van der Waals surface area contributed by atoms with Crippen molar-refractivity contribution in [2.45, 2.75) is 13.3 Å². The number of aryl methyl sites for hydroxylation is 1. The number of rotatable bonds is 6. The monoisotopic (exact) mass is 379 g/mol. The molecule has 0 bridgehead atoms. The summed E-state index contributed by atoms with van der Waals surface area (Å²) in [6.45, 7) is 2.22. The second-order valence-corrected chi connectivity index (χ2v) is 6.82.